The molecule has 0 aromatic heterocycles. The first kappa shape index (κ1) is 13.1. The van der Waals surface area contributed by atoms with Gasteiger partial charge in [0.25, 0.3) is 5.91 Å². The molecule has 1 fully saturated rings. The minimum absolute atomic E-state index is 0.0283. The minimum atomic E-state index is -0.0283. The Morgan fingerprint density at radius 3 is 2.76 bits per heavy atom. The average molecular weight is 365 g/mol. The lowest BCUT2D eigenvalue weighted by Gasteiger charge is -2.28. The SMILES string of the molecule is O=C(NC1CCN(I)CC1)c1cccc(Cl)c1. The lowest BCUT2D eigenvalue weighted by atomic mass is 10.1. The van der Waals surface area contributed by atoms with E-state index in [1.54, 1.807) is 24.3 Å². The van der Waals surface area contributed by atoms with Gasteiger partial charge in [-0.25, -0.2) is 3.11 Å². The van der Waals surface area contributed by atoms with Gasteiger partial charge in [0.2, 0.25) is 0 Å². The molecule has 1 aromatic carbocycles. The molecule has 1 N–H and O–H groups in total. The molecule has 0 unspecified atom stereocenters. The Bertz CT molecular complexity index is 405. The molecule has 92 valence electrons. The van der Waals surface area contributed by atoms with Gasteiger partial charge < -0.3 is 5.32 Å². The quantitative estimate of drug-likeness (QED) is 0.646. The third-order valence-electron chi connectivity index (χ3n) is 2.86. The Balaban J connectivity index is 1.93. The largest absolute Gasteiger partial charge is 0.349 e. The molecule has 0 radical (unpaired) electrons. The van der Waals surface area contributed by atoms with Gasteiger partial charge in [0, 0.05) is 52.6 Å². The summed E-state index contributed by atoms with van der Waals surface area (Å²) in [5.41, 5.74) is 0.634. The van der Waals surface area contributed by atoms with Crippen molar-refractivity contribution in [1.82, 2.24) is 8.43 Å². The highest BCUT2D eigenvalue weighted by molar-refractivity contribution is 14.1. The number of nitrogens with zero attached hydrogens (tertiary/aromatic N) is 1. The first-order valence-corrected chi connectivity index (χ1v) is 6.96. The van der Waals surface area contributed by atoms with Crippen LogP contribution in [0.4, 0.5) is 0 Å². The van der Waals surface area contributed by atoms with E-state index >= 15 is 0 Å². The van der Waals surface area contributed by atoms with E-state index in [0.29, 0.717) is 10.6 Å². The molecule has 1 aliphatic rings. The highest BCUT2D eigenvalue weighted by Crippen LogP contribution is 2.15. The lowest BCUT2D eigenvalue weighted by molar-refractivity contribution is 0.0925. The number of halogens is 2. The van der Waals surface area contributed by atoms with Crippen LogP contribution < -0.4 is 5.32 Å². The van der Waals surface area contributed by atoms with Crippen molar-refractivity contribution in [2.24, 2.45) is 0 Å². The van der Waals surface area contributed by atoms with Crippen LogP contribution in [-0.2, 0) is 0 Å². The second kappa shape index (κ2) is 6.02. The molecule has 1 aliphatic heterocycles. The first-order valence-electron chi connectivity index (χ1n) is 5.62. The molecular weight excluding hydrogens is 351 g/mol. The maximum atomic E-state index is 12.0. The summed E-state index contributed by atoms with van der Waals surface area (Å²) in [5.74, 6) is -0.0283. The predicted octanol–water partition coefficient (Wildman–Crippen LogP) is 2.88. The van der Waals surface area contributed by atoms with Crippen LogP contribution in [0.5, 0.6) is 0 Å². The maximum absolute atomic E-state index is 12.0. The summed E-state index contributed by atoms with van der Waals surface area (Å²) in [5, 5.41) is 3.65. The summed E-state index contributed by atoms with van der Waals surface area (Å²) in [6.45, 7) is 2.06. The van der Waals surface area contributed by atoms with Crippen molar-refractivity contribution in [2.75, 3.05) is 13.1 Å². The van der Waals surface area contributed by atoms with Crippen LogP contribution in [0.15, 0.2) is 24.3 Å². The zero-order chi connectivity index (χ0) is 12.3. The molecule has 0 aliphatic carbocycles. The Labute approximate surface area is 120 Å². The Hall–Kier alpha value is -0.330. The predicted molar refractivity (Wildman–Crippen MR) is 77.5 cm³/mol. The Morgan fingerprint density at radius 2 is 2.12 bits per heavy atom. The van der Waals surface area contributed by atoms with Crippen molar-refractivity contribution in [1.29, 1.82) is 0 Å². The van der Waals surface area contributed by atoms with E-state index in [-0.39, 0.29) is 11.9 Å². The fourth-order valence-electron chi connectivity index (χ4n) is 1.89. The number of amides is 1. The van der Waals surface area contributed by atoms with Crippen LogP contribution in [0.25, 0.3) is 0 Å². The van der Waals surface area contributed by atoms with E-state index in [1.165, 1.54) is 0 Å². The van der Waals surface area contributed by atoms with E-state index in [1.807, 2.05) is 0 Å². The molecule has 0 bridgehead atoms. The molecule has 0 atom stereocenters. The van der Waals surface area contributed by atoms with E-state index in [4.69, 9.17) is 11.6 Å². The topological polar surface area (TPSA) is 32.3 Å². The minimum Gasteiger partial charge on any atom is -0.349 e. The Kier molecular flexibility index (Phi) is 4.64. The van der Waals surface area contributed by atoms with Gasteiger partial charge in [-0.1, -0.05) is 17.7 Å². The summed E-state index contributed by atoms with van der Waals surface area (Å²) >= 11 is 8.18. The van der Waals surface area contributed by atoms with Crippen molar-refractivity contribution in [3.63, 3.8) is 0 Å². The van der Waals surface area contributed by atoms with Crippen LogP contribution in [0, 0.1) is 0 Å². The van der Waals surface area contributed by atoms with Crippen LogP contribution in [0.1, 0.15) is 23.2 Å². The average Bonchev–Trinajstić information content (AvgIpc) is 2.32. The van der Waals surface area contributed by atoms with Gasteiger partial charge in [0.1, 0.15) is 0 Å². The molecule has 2 rings (SSSR count). The molecule has 17 heavy (non-hydrogen) atoms. The van der Waals surface area contributed by atoms with Crippen molar-refractivity contribution in [3.05, 3.63) is 34.9 Å². The summed E-state index contributed by atoms with van der Waals surface area (Å²) in [6.07, 6.45) is 2.02. The van der Waals surface area contributed by atoms with Gasteiger partial charge in [-0.2, -0.15) is 0 Å². The molecular formula is C12H14ClIN2O. The monoisotopic (exact) mass is 364 g/mol. The second-order valence-corrected chi connectivity index (χ2v) is 5.97. The summed E-state index contributed by atoms with van der Waals surface area (Å²) in [7, 11) is 0. The van der Waals surface area contributed by atoms with Gasteiger partial charge in [0.15, 0.2) is 0 Å². The van der Waals surface area contributed by atoms with Gasteiger partial charge in [0.05, 0.1) is 0 Å². The second-order valence-electron chi connectivity index (χ2n) is 4.17. The zero-order valence-corrected chi connectivity index (χ0v) is 12.2. The molecule has 1 saturated heterocycles. The number of hydrogen-bond donors (Lipinski definition) is 1. The van der Waals surface area contributed by atoms with E-state index in [2.05, 4.69) is 31.3 Å². The van der Waals surface area contributed by atoms with Crippen molar-refractivity contribution in [2.45, 2.75) is 18.9 Å². The fourth-order valence-corrected chi connectivity index (χ4v) is 2.64. The molecule has 1 amide bonds. The van der Waals surface area contributed by atoms with Gasteiger partial charge in [-0.05, 0) is 31.0 Å². The van der Waals surface area contributed by atoms with Gasteiger partial charge in [-0.15, -0.1) is 0 Å². The number of carbonyl (C=O) groups is 1. The Morgan fingerprint density at radius 1 is 1.41 bits per heavy atom. The summed E-state index contributed by atoms with van der Waals surface area (Å²) in [6, 6.07) is 7.34. The summed E-state index contributed by atoms with van der Waals surface area (Å²) in [4.78, 5) is 12.0. The molecule has 0 spiro atoms. The molecule has 1 heterocycles. The number of rotatable bonds is 2. The third kappa shape index (κ3) is 3.82. The standard InChI is InChI=1S/C12H14ClIN2O/c13-10-3-1-2-9(8-10)12(17)15-11-4-6-16(14)7-5-11/h1-3,8,11H,4-7H2,(H,15,17). The van der Waals surface area contributed by atoms with Crippen LogP contribution >= 0.6 is 34.5 Å². The van der Waals surface area contributed by atoms with Crippen LogP contribution in [0.3, 0.4) is 0 Å². The number of nitrogens with one attached hydrogen (secondary N) is 1. The van der Waals surface area contributed by atoms with E-state index < -0.39 is 0 Å². The lowest BCUT2D eigenvalue weighted by Crippen LogP contribution is -2.41. The molecule has 3 nitrogen and oxygen atoms in total. The highest BCUT2D eigenvalue weighted by atomic mass is 127. The zero-order valence-electron chi connectivity index (χ0n) is 9.33. The fraction of sp³-hybridized carbons (Fsp3) is 0.417. The normalized spacial score (nSPS) is 18.0. The first-order chi connectivity index (χ1) is 8.15. The number of carbonyl (C=O) groups excluding carboxylic acids is 1. The maximum Gasteiger partial charge on any atom is 0.251 e. The van der Waals surface area contributed by atoms with Crippen molar-refractivity contribution in [3.8, 4) is 0 Å². The van der Waals surface area contributed by atoms with Crippen LogP contribution in [0.2, 0.25) is 5.02 Å². The number of hydrogen-bond acceptors (Lipinski definition) is 2. The van der Waals surface area contributed by atoms with E-state index in [0.717, 1.165) is 25.9 Å². The van der Waals surface area contributed by atoms with E-state index in [9.17, 15) is 4.79 Å². The smallest absolute Gasteiger partial charge is 0.251 e. The third-order valence-corrected chi connectivity index (χ3v) is 4.06. The number of piperidine rings is 1. The summed E-state index contributed by atoms with van der Waals surface area (Å²) < 4.78 is 2.25. The van der Waals surface area contributed by atoms with Gasteiger partial charge in [-0.3, -0.25) is 4.79 Å². The molecule has 1 aromatic rings. The molecule has 0 saturated carbocycles. The van der Waals surface area contributed by atoms with Crippen LogP contribution in [-0.4, -0.2) is 28.2 Å². The highest BCUT2D eigenvalue weighted by Gasteiger charge is 2.19. The van der Waals surface area contributed by atoms with Gasteiger partial charge >= 0.3 is 0 Å². The molecule has 5 heteroatoms. The number of benzene rings is 1. The van der Waals surface area contributed by atoms with Crippen molar-refractivity contribution >= 4 is 40.4 Å². The van der Waals surface area contributed by atoms with Crippen molar-refractivity contribution < 1.29 is 4.79 Å².